The molecule has 0 bridgehead atoms. The van der Waals surface area contributed by atoms with Crippen LogP contribution in [-0.4, -0.2) is 60.3 Å². The lowest BCUT2D eigenvalue weighted by Gasteiger charge is -2.38. The Hall–Kier alpha value is -0.120. The summed E-state index contributed by atoms with van der Waals surface area (Å²) in [5.74, 6) is 0.576. The summed E-state index contributed by atoms with van der Waals surface area (Å²) in [7, 11) is 2.20. The number of rotatable bonds is 3. The van der Waals surface area contributed by atoms with E-state index in [9.17, 15) is 5.11 Å². The monoisotopic (exact) mass is 226 g/mol. The van der Waals surface area contributed by atoms with Crippen molar-refractivity contribution in [1.29, 1.82) is 0 Å². The van der Waals surface area contributed by atoms with Crippen molar-refractivity contribution < 1.29 is 5.11 Å². The number of piperazine rings is 1. The quantitative estimate of drug-likeness (QED) is 0.782. The fourth-order valence-electron chi connectivity index (χ4n) is 3.20. The molecule has 3 nitrogen and oxygen atoms in total. The first-order valence-electron chi connectivity index (χ1n) is 6.77. The average molecular weight is 226 g/mol. The van der Waals surface area contributed by atoms with Crippen molar-refractivity contribution in [2.75, 3.05) is 33.2 Å². The molecule has 1 N–H and O–H groups in total. The molecule has 0 amide bonds. The second-order valence-corrected chi connectivity index (χ2v) is 5.69. The smallest absolute Gasteiger partial charge is 0.0568 e. The van der Waals surface area contributed by atoms with Gasteiger partial charge in [0.25, 0.3) is 0 Å². The maximum atomic E-state index is 9.80. The highest BCUT2D eigenvalue weighted by Gasteiger charge is 2.27. The van der Waals surface area contributed by atoms with Crippen molar-refractivity contribution >= 4 is 0 Å². The van der Waals surface area contributed by atoms with E-state index in [1.807, 2.05) is 0 Å². The minimum absolute atomic E-state index is 0.0113. The maximum absolute atomic E-state index is 9.80. The Morgan fingerprint density at radius 1 is 1.25 bits per heavy atom. The van der Waals surface area contributed by atoms with Gasteiger partial charge in [-0.15, -0.1) is 0 Å². The predicted octanol–water partition coefficient (Wildman–Crippen LogP) is 1.17. The fourth-order valence-corrected chi connectivity index (χ4v) is 3.20. The molecule has 3 atom stereocenters. The Balaban J connectivity index is 1.73. The lowest BCUT2D eigenvalue weighted by Crippen LogP contribution is -2.50. The zero-order chi connectivity index (χ0) is 11.5. The Kier molecular flexibility index (Phi) is 4.22. The van der Waals surface area contributed by atoms with Gasteiger partial charge in [0, 0.05) is 25.7 Å². The number of nitrogens with zero attached hydrogens (tertiary/aromatic N) is 2. The molecule has 2 aliphatic rings. The van der Waals surface area contributed by atoms with Gasteiger partial charge < -0.3 is 10.0 Å². The molecule has 1 saturated carbocycles. The second-order valence-electron chi connectivity index (χ2n) is 5.69. The van der Waals surface area contributed by atoms with Crippen LogP contribution in [0.3, 0.4) is 0 Å². The highest BCUT2D eigenvalue weighted by Crippen LogP contribution is 2.28. The van der Waals surface area contributed by atoms with Crippen LogP contribution in [0.25, 0.3) is 0 Å². The highest BCUT2D eigenvalue weighted by molar-refractivity contribution is 4.81. The van der Waals surface area contributed by atoms with Crippen molar-refractivity contribution in [3.63, 3.8) is 0 Å². The van der Waals surface area contributed by atoms with Gasteiger partial charge in [-0.05, 0) is 45.7 Å². The molecule has 94 valence electrons. The first kappa shape index (κ1) is 12.3. The van der Waals surface area contributed by atoms with E-state index in [1.54, 1.807) is 0 Å². The van der Waals surface area contributed by atoms with Crippen LogP contribution in [0.1, 0.15) is 32.6 Å². The summed E-state index contributed by atoms with van der Waals surface area (Å²) in [6.07, 6.45) is 4.67. The Morgan fingerprint density at radius 2 is 2.06 bits per heavy atom. The summed E-state index contributed by atoms with van der Waals surface area (Å²) in [5, 5.41) is 9.80. The van der Waals surface area contributed by atoms with Gasteiger partial charge in [0.2, 0.25) is 0 Å². The summed E-state index contributed by atoms with van der Waals surface area (Å²) < 4.78 is 0. The molecule has 0 aromatic carbocycles. The number of aliphatic hydroxyl groups excluding tert-OH is 1. The van der Waals surface area contributed by atoms with Gasteiger partial charge in [-0.2, -0.15) is 0 Å². The molecule has 0 spiro atoms. The molecule has 1 heterocycles. The van der Waals surface area contributed by atoms with Crippen LogP contribution in [0.4, 0.5) is 0 Å². The molecule has 16 heavy (non-hydrogen) atoms. The third kappa shape index (κ3) is 2.96. The normalized spacial score (nSPS) is 38.1. The first-order chi connectivity index (χ1) is 7.66. The summed E-state index contributed by atoms with van der Waals surface area (Å²) in [4.78, 5) is 5.00. The summed E-state index contributed by atoms with van der Waals surface area (Å²) >= 11 is 0. The molecule has 2 rings (SSSR count). The van der Waals surface area contributed by atoms with Crippen LogP contribution in [0.2, 0.25) is 0 Å². The molecule has 1 aliphatic carbocycles. The standard InChI is InChI=1S/C13H26N2O/c1-11-10-14(2)8-9-15(11)7-6-12-4-3-5-13(12)16/h11-13,16H,3-10H2,1-2H3. The van der Waals surface area contributed by atoms with Crippen molar-refractivity contribution in [3.05, 3.63) is 0 Å². The van der Waals surface area contributed by atoms with Gasteiger partial charge in [0.1, 0.15) is 0 Å². The van der Waals surface area contributed by atoms with E-state index in [1.165, 1.54) is 45.4 Å². The van der Waals surface area contributed by atoms with Gasteiger partial charge in [-0.1, -0.05) is 6.42 Å². The lowest BCUT2D eigenvalue weighted by atomic mass is 10.0. The molecule has 0 aromatic heterocycles. The summed E-state index contributed by atoms with van der Waals surface area (Å²) in [6, 6.07) is 0.678. The minimum atomic E-state index is -0.0113. The molecule has 3 unspecified atom stereocenters. The van der Waals surface area contributed by atoms with Gasteiger partial charge in [0.05, 0.1) is 6.10 Å². The van der Waals surface area contributed by atoms with Crippen LogP contribution in [0.5, 0.6) is 0 Å². The topological polar surface area (TPSA) is 26.7 Å². The SMILES string of the molecule is CC1CN(C)CCN1CCC1CCCC1O. The second kappa shape index (κ2) is 5.48. The molecule has 1 aliphatic heterocycles. The van der Waals surface area contributed by atoms with Crippen LogP contribution >= 0.6 is 0 Å². The number of likely N-dealkylation sites (N-methyl/N-ethyl adjacent to an activating group) is 1. The molecule has 3 heteroatoms. The van der Waals surface area contributed by atoms with E-state index in [2.05, 4.69) is 23.8 Å². The van der Waals surface area contributed by atoms with Gasteiger partial charge in [0.15, 0.2) is 0 Å². The van der Waals surface area contributed by atoms with E-state index in [0.717, 1.165) is 6.42 Å². The molecule has 1 saturated heterocycles. The minimum Gasteiger partial charge on any atom is -0.393 e. The summed E-state index contributed by atoms with van der Waals surface area (Å²) in [6.45, 7) is 7.07. The van der Waals surface area contributed by atoms with Gasteiger partial charge >= 0.3 is 0 Å². The first-order valence-corrected chi connectivity index (χ1v) is 6.77. The van der Waals surface area contributed by atoms with E-state index in [0.29, 0.717) is 12.0 Å². The largest absolute Gasteiger partial charge is 0.393 e. The van der Waals surface area contributed by atoms with E-state index in [4.69, 9.17) is 0 Å². The number of hydrogen-bond donors (Lipinski definition) is 1. The van der Waals surface area contributed by atoms with E-state index < -0.39 is 0 Å². The van der Waals surface area contributed by atoms with E-state index >= 15 is 0 Å². The molecule has 0 aromatic rings. The average Bonchev–Trinajstić information content (AvgIpc) is 2.63. The Morgan fingerprint density at radius 3 is 2.69 bits per heavy atom. The van der Waals surface area contributed by atoms with Crippen molar-refractivity contribution in [1.82, 2.24) is 9.80 Å². The van der Waals surface area contributed by atoms with E-state index in [-0.39, 0.29) is 6.10 Å². The summed E-state index contributed by atoms with van der Waals surface area (Å²) in [5.41, 5.74) is 0. The molecule has 0 radical (unpaired) electrons. The van der Waals surface area contributed by atoms with Crippen molar-refractivity contribution in [2.24, 2.45) is 5.92 Å². The van der Waals surface area contributed by atoms with Gasteiger partial charge in [-0.3, -0.25) is 4.90 Å². The third-order valence-electron chi connectivity index (χ3n) is 4.37. The zero-order valence-corrected chi connectivity index (χ0v) is 10.7. The maximum Gasteiger partial charge on any atom is 0.0568 e. The number of aliphatic hydroxyl groups is 1. The highest BCUT2D eigenvalue weighted by atomic mass is 16.3. The van der Waals surface area contributed by atoms with Crippen LogP contribution in [0.15, 0.2) is 0 Å². The fraction of sp³-hybridized carbons (Fsp3) is 1.00. The Bertz CT molecular complexity index is 222. The van der Waals surface area contributed by atoms with Crippen LogP contribution in [-0.2, 0) is 0 Å². The predicted molar refractivity (Wildman–Crippen MR) is 66.5 cm³/mol. The molecule has 2 fully saturated rings. The lowest BCUT2D eigenvalue weighted by molar-refractivity contribution is 0.0771. The number of hydrogen-bond acceptors (Lipinski definition) is 3. The zero-order valence-electron chi connectivity index (χ0n) is 10.7. The van der Waals surface area contributed by atoms with Crippen molar-refractivity contribution in [2.45, 2.75) is 44.8 Å². The van der Waals surface area contributed by atoms with Crippen molar-refractivity contribution in [3.8, 4) is 0 Å². The molecular weight excluding hydrogens is 200 g/mol. The van der Waals surface area contributed by atoms with Crippen LogP contribution < -0.4 is 0 Å². The third-order valence-corrected chi connectivity index (χ3v) is 4.37. The van der Waals surface area contributed by atoms with Crippen LogP contribution in [0, 0.1) is 5.92 Å². The Labute approximate surface area is 99.4 Å². The molecular formula is C13H26N2O. The van der Waals surface area contributed by atoms with Gasteiger partial charge in [-0.25, -0.2) is 0 Å².